The monoisotopic (exact) mass is 275 g/mol. The zero-order valence-corrected chi connectivity index (χ0v) is 12.1. The van der Waals surface area contributed by atoms with Gasteiger partial charge in [-0.2, -0.15) is 0 Å². The van der Waals surface area contributed by atoms with Crippen molar-refractivity contribution < 1.29 is 9.59 Å². The van der Waals surface area contributed by atoms with E-state index in [1.54, 1.807) is 29.2 Å². The van der Waals surface area contributed by atoms with Crippen LogP contribution in [0.4, 0.5) is 10.5 Å². The summed E-state index contributed by atoms with van der Waals surface area (Å²) in [7, 11) is 0. The highest BCUT2D eigenvalue weighted by Gasteiger charge is 2.21. The number of urea groups is 1. The Kier molecular flexibility index (Phi) is 4.27. The van der Waals surface area contributed by atoms with Gasteiger partial charge in [-0.05, 0) is 37.1 Å². The number of benzene rings is 1. The van der Waals surface area contributed by atoms with Crippen LogP contribution < -0.4 is 15.5 Å². The lowest BCUT2D eigenvalue weighted by Gasteiger charge is -2.18. The van der Waals surface area contributed by atoms with E-state index < -0.39 is 0 Å². The maximum absolute atomic E-state index is 12.1. The summed E-state index contributed by atoms with van der Waals surface area (Å²) in [6.07, 6.45) is 0. The average molecular weight is 275 g/mol. The Balaban J connectivity index is 2.04. The molecule has 2 rings (SSSR count). The van der Waals surface area contributed by atoms with Gasteiger partial charge in [-0.3, -0.25) is 9.69 Å². The van der Waals surface area contributed by atoms with Gasteiger partial charge in [-0.1, -0.05) is 13.8 Å². The molecule has 0 bridgehead atoms. The first kappa shape index (κ1) is 14.4. The summed E-state index contributed by atoms with van der Waals surface area (Å²) in [5.74, 6) is 0.315. The normalized spacial score (nSPS) is 16.2. The van der Waals surface area contributed by atoms with Gasteiger partial charge in [-0.25, -0.2) is 4.79 Å². The van der Waals surface area contributed by atoms with E-state index in [-0.39, 0.29) is 18.0 Å². The summed E-state index contributed by atoms with van der Waals surface area (Å²) >= 11 is 0. The molecule has 0 aliphatic carbocycles. The van der Waals surface area contributed by atoms with Crippen molar-refractivity contribution in [3.05, 3.63) is 29.8 Å². The van der Waals surface area contributed by atoms with E-state index in [1.807, 2.05) is 6.92 Å². The highest BCUT2D eigenvalue weighted by molar-refractivity contribution is 5.97. The summed E-state index contributed by atoms with van der Waals surface area (Å²) in [4.78, 5) is 25.3. The van der Waals surface area contributed by atoms with Gasteiger partial charge in [0, 0.05) is 30.4 Å². The van der Waals surface area contributed by atoms with Crippen LogP contribution in [-0.4, -0.2) is 31.1 Å². The SMILES string of the molecule is CC(C)C(C)NC(=O)c1ccc(N2CCNC2=O)cc1. The number of rotatable bonds is 4. The number of nitrogens with zero attached hydrogens (tertiary/aromatic N) is 1. The van der Waals surface area contributed by atoms with E-state index >= 15 is 0 Å². The van der Waals surface area contributed by atoms with Crippen LogP contribution in [0.15, 0.2) is 24.3 Å². The van der Waals surface area contributed by atoms with Crippen molar-refractivity contribution in [2.24, 2.45) is 5.92 Å². The number of anilines is 1. The first-order valence-corrected chi connectivity index (χ1v) is 6.95. The second kappa shape index (κ2) is 5.94. The molecular formula is C15H21N3O2. The number of carbonyl (C=O) groups excluding carboxylic acids is 2. The van der Waals surface area contributed by atoms with Gasteiger partial charge < -0.3 is 10.6 Å². The van der Waals surface area contributed by atoms with Gasteiger partial charge in [0.1, 0.15) is 0 Å². The summed E-state index contributed by atoms with van der Waals surface area (Å²) in [6.45, 7) is 7.45. The zero-order valence-electron chi connectivity index (χ0n) is 12.1. The molecule has 0 spiro atoms. The largest absolute Gasteiger partial charge is 0.349 e. The molecule has 3 amide bonds. The van der Waals surface area contributed by atoms with Gasteiger partial charge in [0.15, 0.2) is 0 Å². The fourth-order valence-corrected chi connectivity index (χ4v) is 1.97. The Labute approximate surface area is 119 Å². The molecule has 0 radical (unpaired) electrons. The lowest BCUT2D eigenvalue weighted by molar-refractivity contribution is 0.0930. The summed E-state index contributed by atoms with van der Waals surface area (Å²) in [5, 5.41) is 5.71. The fourth-order valence-electron chi connectivity index (χ4n) is 1.97. The predicted molar refractivity (Wildman–Crippen MR) is 79.0 cm³/mol. The van der Waals surface area contributed by atoms with Crippen LogP contribution >= 0.6 is 0 Å². The Bertz CT molecular complexity index is 496. The van der Waals surface area contributed by atoms with E-state index in [4.69, 9.17) is 0 Å². The van der Waals surface area contributed by atoms with E-state index in [9.17, 15) is 9.59 Å². The standard InChI is InChI=1S/C15H21N3O2/c1-10(2)11(3)17-14(19)12-4-6-13(7-5-12)18-9-8-16-15(18)20/h4-7,10-11H,8-9H2,1-3H3,(H,16,20)(H,17,19). The molecular weight excluding hydrogens is 254 g/mol. The van der Waals surface area contributed by atoms with Crippen molar-refractivity contribution in [3.8, 4) is 0 Å². The Morgan fingerprint density at radius 3 is 2.40 bits per heavy atom. The van der Waals surface area contributed by atoms with E-state index in [0.717, 1.165) is 5.69 Å². The number of nitrogens with one attached hydrogen (secondary N) is 2. The lowest BCUT2D eigenvalue weighted by Crippen LogP contribution is -2.36. The number of hydrogen-bond donors (Lipinski definition) is 2. The maximum Gasteiger partial charge on any atom is 0.321 e. The van der Waals surface area contributed by atoms with Crippen LogP contribution in [-0.2, 0) is 0 Å². The third kappa shape index (κ3) is 3.10. The molecule has 20 heavy (non-hydrogen) atoms. The summed E-state index contributed by atoms with van der Waals surface area (Å²) in [5.41, 5.74) is 1.43. The van der Waals surface area contributed by atoms with Gasteiger partial charge in [0.25, 0.3) is 5.91 Å². The second-order valence-corrected chi connectivity index (χ2v) is 5.44. The van der Waals surface area contributed by atoms with Crippen LogP contribution in [0.2, 0.25) is 0 Å². The molecule has 1 fully saturated rings. The van der Waals surface area contributed by atoms with Gasteiger partial charge in [0.05, 0.1) is 0 Å². The van der Waals surface area contributed by atoms with Crippen molar-refractivity contribution in [1.29, 1.82) is 0 Å². The minimum atomic E-state index is -0.0874. The van der Waals surface area contributed by atoms with Crippen molar-refractivity contribution in [2.45, 2.75) is 26.8 Å². The van der Waals surface area contributed by atoms with E-state index in [1.165, 1.54) is 0 Å². The minimum absolute atomic E-state index is 0.0800. The Hall–Kier alpha value is -2.04. The lowest BCUT2D eigenvalue weighted by atomic mass is 10.1. The number of amides is 3. The first-order valence-electron chi connectivity index (χ1n) is 6.95. The first-order chi connectivity index (χ1) is 9.49. The number of carbonyl (C=O) groups is 2. The molecule has 1 unspecified atom stereocenters. The Morgan fingerprint density at radius 2 is 1.90 bits per heavy atom. The van der Waals surface area contributed by atoms with Gasteiger partial charge in [-0.15, -0.1) is 0 Å². The highest BCUT2D eigenvalue weighted by Crippen LogP contribution is 2.17. The van der Waals surface area contributed by atoms with Crippen LogP contribution in [0.1, 0.15) is 31.1 Å². The third-order valence-corrected chi connectivity index (χ3v) is 3.66. The van der Waals surface area contributed by atoms with Gasteiger partial charge >= 0.3 is 6.03 Å². The molecule has 5 heteroatoms. The third-order valence-electron chi connectivity index (χ3n) is 3.66. The molecule has 1 heterocycles. The maximum atomic E-state index is 12.1. The molecule has 0 aromatic heterocycles. The topological polar surface area (TPSA) is 61.4 Å². The smallest absolute Gasteiger partial charge is 0.321 e. The number of hydrogen-bond acceptors (Lipinski definition) is 2. The molecule has 108 valence electrons. The van der Waals surface area contributed by atoms with Crippen LogP contribution in [0.3, 0.4) is 0 Å². The molecule has 1 atom stereocenters. The van der Waals surface area contributed by atoms with Crippen molar-refractivity contribution in [3.63, 3.8) is 0 Å². The molecule has 2 N–H and O–H groups in total. The minimum Gasteiger partial charge on any atom is -0.349 e. The van der Waals surface area contributed by atoms with Crippen LogP contribution in [0.5, 0.6) is 0 Å². The molecule has 1 aromatic rings. The molecule has 1 aromatic carbocycles. The summed E-state index contributed by atoms with van der Waals surface area (Å²) < 4.78 is 0. The van der Waals surface area contributed by atoms with Gasteiger partial charge in [0.2, 0.25) is 0 Å². The average Bonchev–Trinajstić information content (AvgIpc) is 2.85. The predicted octanol–water partition coefficient (Wildman–Crippen LogP) is 1.99. The van der Waals surface area contributed by atoms with E-state index in [0.29, 0.717) is 24.6 Å². The zero-order chi connectivity index (χ0) is 14.7. The second-order valence-electron chi connectivity index (χ2n) is 5.44. The van der Waals surface area contributed by atoms with Crippen molar-refractivity contribution in [2.75, 3.05) is 18.0 Å². The molecule has 1 aliphatic heterocycles. The fraction of sp³-hybridized carbons (Fsp3) is 0.467. The highest BCUT2D eigenvalue weighted by atomic mass is 16.2. The quantitative estimate of drug-likeness (QED) is 0.882. The molecule has 5 nitrogen and oxygen atoms in total. The summed E-state index contributed by atoms with van der Waals surface area (Å²) in [6, 6.07) is 7.16. The van der Waals surface area contributed by atoms with Crippen molar-refractivity contribution >= 4 is 17.6 Å². The van der Waals surface area contributed by atoms with E-state index in [2.05, 4.69) is 24.5 Å². The molecule has 1 saturated heterocycles. The van der Waals surface area contributed by atoms with Crippen LogP contribution in [0, 0.1) is 5.92 Å². The Morgan fingerprint density at radius 1 is 1.25 bits per heavy atom. The van der Waals surface area contributed by atoms with Crippen molar-refractivity contribution in [1.82, 2.24) is 10.6 Å². The molecule has 1 aliphatic rings. The molecule has 0 saturated carbocycles. The van der Waals surface area contributed by atoms with Crippen LogP contribution in [0.25, 0.3) is 0 Å².